The van der Waals surface area contributed by atoms with Gasteiger partial charge in [-0.25, -0.2) is 4.63 Å². The van der Waals surface area contributed by atoms with E-state index < -0.39 is 0 Å². The number of rotatable bonds is 1. The van der Waals surface area contributed by atoms with Crippen molar-refractivity contribution in [1.82, 2.24) is 10.3 Å². The van der Waals surface area contributed by atoms with Crippen molar-refractivity contribution >= 4 is 16.7 Å². The molecule has 0 aliphatic rings. The Morgan fingerprint density at radius 3 is 2.85 bits per heavy atom. The summed E-state index contributed by atoms with van der Waals surface area (Å²) >= 11 is 0. The molecular formula is C7H2N4O2. The van der Waals surface area contributed by atoms with E-state index in [0.717, 1.165) is 0 Å². The summed E-state index contributed by atoms with van der Waals surface area (Å²) in [7, 11) is 0. The largest absolute Gasteiger partial charge is 0.243 e. The van der Waals surface area contributed by atoms with Crippen molar-refractivity contribution in [3.8, 4) is 6.07 Å². The summed E-state index contributed by atoms with van der Waals surface area (Å²) in [5.41, 5.74) is 0.910. The summed E-state index contributed by atoms with van der Waals surface area (Å²) in [6, 6.07) is 4.75. The lowest BCUT2D eigenvalue weighted by molar-refractivity contribution is 0.315. The number of nitroso groups, excluding NO2 is 1. The lowest BCUT2D eigenvalue weighted by Gasteiger charge is -1.89. The number of nitrogens with zero attached hydrogens (tertiary/aromatic N) is 4. The van der Waals surface area contributed by atoms with E-state index in [9.17, 15) is 4.91 Å². The van der Waals surface area contributed by atoms with Gasteiger partial charge in [0.05, 0.1) is 5.56 Å². The van der Waals surface area contributed by atoms with Gasteiger partial charge in [-0.15, -0.1) is 4.91 Å². The van der Waals surface area contributed by atoms with E-state index in [1.165, 1.54) is 12.1 Å². The quantitative estimate of drug-likeness (QED) is 0.610. The van der Waals surface area contributed by atoms with Crippen molar-refractivity contribution in [3.05, 3.63) is 22.6 Å². The van der Waals surface area contributed by atoms with E-state index in [4.69, 9.17) is 5.26 Å². The molecule has 1 aromatic heterocycles. The minimum atomic E-state index is 0.121. The van der Waals surface area contributed by atoms with Crippen molar-refractivity contribution < 1.29 is 4.63 Å². The van der Waals surface area contributed by atoms with Crippen LogP contribution in [-0.2, 0) is 0 Å². The lowest BCUT2D eigenvalue weighted by atomic mass is 10.2. The van der Waals surface area contributed by atoms with E-state index >= 15 is 0 Å². The monoisotopic (exact) mass is 174 g/mol. The minimum absolute atomic E-state index is 0.121. The molecule has 62 valence electrons. The third-order valence-corrected chi connectivity index (χ3v) is 1.61. The fourth-order valence-electron chi connectivity index (χ4n) is 1.02. The van der Waals surface area contributed by atoms with Crippen LogP contribution in [0.2, 0.25) is 0 Å². The third-order valence-electron chi connectivity index (χ3n) is 1.61. The maximum Gasteiger partial charge on any atom is 0.165 e. The van der Waals surface area contributed by atoms with Crippen LogP contribution < -0.4 is 0 Å². The van der Waals surface area contributed by atoms with Gasteiger partial charge in [0.15, 0.2) is 11.0 Å². The van der Waals surface area contributed by atoms with Crippen LogP contribution in [0.15, 0.2) is 21.9 Å². The standard InChI is InChI=1S/C7H2N4O2/c8-3-4-1-2-5(9-12)7-6(4)10-13-11-7/h1-2H. The summed E-state index contributed by atoms with van der Waals surface area (Å²) in [6.07, 6.45) is 0. The van der Waals surface area contributed by atoms with Crippen LogP contribution in [0.1, 0.15) is 5.56 Å². The maximum atomic E-state index is 10.3. The summed E-state index contributed by atoms with van der Waals surface area (Å²) in [5.74, 6) is 0. The lowest BCUT2D eigenvalue weighted by Crippen LogP contribution is -1.78. The molecule has 0 unspecified atom stereocenters. The van der Waals surface area contributed by atoms with Gasteiger partial charge in [0.2, 0.25) is 0 Å². The van der Waals surface area contributed by atoms with Crippen molar-refractivity contribution in [3.63, 3.8) is 0 Å². The van der Waals surface area contributed by atoms with Crippen LogP contribution in [0, 0.1) is 16.2 Å². The van der Waals surface area contributed by atoms with Crippen LogP contribution in [-0.4, -0.2) is 10.3 Å². The van der Waals surface area contributed by atoms with Gasteiger partial charge in [0.25, 0.3) is 0 Å². The molecular weight excluding hydrogens is 172 g/mol. The topological polar surface area (TPSA) is 92.1 Å². The van der Waals surface area contributed by atoms with Crippen molar-refractivity contribution in [2.75, 3.05) is 0 Å². The van der Waals surface area contributed by atoms with Gasteiger partial charge >= 0.3 is 0 Å². The molecule has 0 atom stereocenters. The highest BCUT2D eigenvalue weighted by Crippen LogP contribution is 2.24. The molecule has 0 bridgehead atoms. The number of nitriles is 1. The molecule has 0 spiro atoms. The molecule has 0 aliphatic carbocycles. The number of hydrogen-bond acceptors (Lipinski definition) is 6. The molecule has 0 radical (unpaired) electrons. The van der Waals surface area contributed by atoms with Crippen LogP contribution >= 0.6 is 0 Å². The summed E-state index contributed by atoms with van der Waals surface area (Å²) in [6.45, 7) is 0. The molecule has 0 fully saturated rings. The summed E-state index contributed by atoms with van der Waals surface area (Å²) < 4.78 is 4.40. The Morgan fingerprint density at radius 2 is 2.15 bits per heavy atom. The Labute approximate surface area is 71.7 Å². The normalized spacial score (nSPS) is 9.77. The zero-order valence-corrected chi connectivity index (χ0v) is 6.26. The first-order valence-corrected chi connectivity index (χ1v) is 3.35. The fraction of sp³-hybridized carbons (Fsp3) is 0. The molecule has 2 rings (SSSR count). The number of fused-ring (bicyclic) bond motifs is 1. The van der Waals surface area contributed by atoms with E-state index in [1.54, 1.807) is 0 Å². The zero-order chi connectivity index (χ0) is 9.26. The molecule has 1 heterocycles. The molecule has 2 aromatic rings. The van der Waals surface area contributed by atoms with Crippen molar-refractivity contribution in [1.29, 1.82) is 5.26 Å². The second-order valence-electron chi connectivity index (χ2n) is 2.30. The second kappa shape index (κ2) is 2.64. The van der Waals surface area contributed by atoms with Crippen LogP contribution in [0.4, 0.5) is 5.69 Å². The highest BCUT2D eigenvalue weighted by atomic mass is 16.6. The first-order chi connectivity index (χ1) is 6.36. The molecule has 0 N–H and O–H groups in total. The van der Waals surface area contributed by atoms with Gasteiger partial charge in [0, 0.05) is 0 Å². The van der Waals surface area contributed by atoms with Crippen molar-refractivity contribution in [2.45, 2.75) is 0 Å². The van der Waals surface area contributed by atoms with Gasteiger partial charge in [-0.1, -0.05) is 0 Å². The minimum Gasteiger partial charge on any atom is -0.243 e. The number of hydrogen-bond donors (Lipinski definition) is 0. The first kappa shape index (κ1) is 7.36. The Bertz CT molecular complexity index is 511. The predicted octanol–water partition coefficient (Wildman–Crippen LogP) is 1.49. The maximum absolute atomic E-state index is 10.3. The number of benzene rings is 1. The fourth-order valence-corrected chi connectivity index (χ4v) is 1.02. The highest BCUT2D eigenvalue weighted by Gasteiger charge is 2.11. The summed E-state index contributed by atoms with van der Waals surface area (Å²) in [4.78, 5) is 10.3. The van der Waals surface area contributed by atoms with Gasteiger partial charge in [0.1, 0.15) is 11.8 Å². The predicted molar refractivity (Wildman–Crippen MR) is 42.0 cm³/mol. The first-order valence-electron chi connectivity index (χ1n) is 3.35. The average molecular weight is 174 g/mol. The molecule has 0 saturated carbocycles. The number of aromatic nitrogens is 2. The van der Waals surface area contributed by atoms with E-state index in [2.05, 4.69) is 20.1 Å². The van der Waals surface area contributed by atoms with Gasteiger partial charge < -0.3 is 0 Å². The SMILES string of the molecule is N#Cc1ccc(N=O)c2nonc12. The van der Waals surface area contributed by atoms with Crippen LogP contribution in [0.5, 0.6) is 0 Å². The smallest absolute Gasteiger partial charge is 0.165 e. The average Bonchev–Trinajstić information content (AvgIpc) is 2.64. The molecule has 1 aromatic carbocycles. The molecule has 6 heteroatoms. The zero-order valence-electron chi connectivity index (χ0n) is 6.26. The van der Waals surface area contributed by atoms with Crippen LogP contribution in [0.3, 0.4) is 0 Å². The highest BCUT2D eigenvalue weighted by molar-refractivity contribution is 5.89. The van der Waals surface area contributed by atoms with Gasteiger partial charge in [-0.2, -0.15) is 5.26 Å². The van der Waals surface area contributed by atoms with Crippen molar-refractivity contribution in [2.24, 2.45) is 5.18 Å². The van der Waals surface area contributed by atoms with E-state index in [-0.39, 0.29) is 16.7 Å². The summed E-state index contributed by atoms with van der Waals surface area (Å²) in [5, 5.41) is 18.3. The Balaban J connectivity index is 2.91. The Kier molecular flexibility index (Phi) is 1.49. The second-order valence-corrected chi connectivity index (χ2v) is 2.30. The molecule has 13 heavy (non-hydrogen) atoms. The molecule has 0 saturated heterocycles. The molecule has 0 amide bonds. The van der Waals surface area contributed by atoms with Gasteiger partial charge in [-0.05, 0) is 27.6 Å². The Morgan fingerprint density at radius 1 is 1.38 bits per heavy atom. The Hall–Kier alpha value is -2.29. The molecule has 0 aliphatic heterocycles. The van der Waals surface area contributed by atoms with Crippen LogP contribution in [0.25, 0.3) is 11.0 Å². The molecule has 6 nitrogen and oxygen atoms in total. The van der Waals surface area contributed by atoms with Gasteiger partial charge in [-0.3, -0.25) is 0 Å². The van der Waals surface area contributed by atoms with E-state index in [1.807, 2.05) is 6.07 Å². The van der Waals surface area contributed by atoms with E-state index in [0.29, 0.717) is 5.56 Å². The third kappa shape index (κ3) is 0.945.